The number of unbranched alkanes of at least 4 members (excludes halogenated alkanes) is 1. The molecule has 0 saturated heterocycles. The maximum atomic E-state index is 12.6. The van der Waals surface area contributed by atoms with E-state index in [0.29, 0.717) is 40.0 Å². The fourth-order valence-corrected chi connectivity index (χ4v) is 5.00. The molecule has 10 heteroatoms. The maximum absolute atomic E-state index is 12.6. The summed E-state index contributed by atoms with van der Waals surface area (Å²) in [6, 6.07) is 20.8. The maximum Gasteiger partial charge on any atom is 0.354 e. The Kier molecular flexibility index (Phi) is 7.53. The first-order valence-electron chi connectivity index (χ1n) is 12.2. The highest BCUT2D eigenvalue weighted by molar-refractivity contribution is 6.35. The number of aromatic nitrogens is 6. The molecular formula is C28H24Cl2N6O2. The third-order valence-electron chi connectivity index (χ3n) is 6.31. The second-order valence-corrected chi connectivity index (χ2v) is 9.69. The van der Waals surface area contributed by atoms with Crippen molar-refractivity contribution in [1.29, 1.82) is 0 Å². The number of benzene rings is 3. The van der Waals surface area contributed by atoms with Gasteiger partial charge in [0.1, 0.15) is 0 Å². The Morgan fingerprint density at radius 2 is 1.84 bits per heavy atom. The fourth-order valence-electron chi connectivity index (χ4n) is 4.51. The second kappa shape index (κ2) is 11.2. The van der Waals surface area contributed by atoms with Crippen molar-refractivity contribution < 1.29 is 9.90 Å². The van der Waals surface area contributed by atoms with Gasteiger partial charge in [0.05, 0.1) is 16.4 Å². The van der Waals surface area contributed by atoms with Crippen LogP contribution in [0.3, 0.4) is 0 Å². The van der Waals surface area contributed by atoms with Gasteiger partial charge in [0, 0.05) is 22.6 Å². The van der Waals surface area contributed by atoms with E-state index in [1.54, 1.807) is 18.2 Å². The van der Waals surface area contributed by atoms with E-state index in [1.807, 2.05) is 48.5 Å². The molecule has 192 valence electrons. The number of carboxylic acid groups (broad SMARTS) is 1. The van der Waals surface area contributed by atoms with Crippen molar-refractivity contribution in [2.24, 2.45) is 0 Å². The monoisotopic (exact) mass is 546 g/mol. The minimum absolute atomic E-state index is 0.0774. The molecule has 2 aromatic heterocycles. The number of halogens is 2. The molecule has 5 rings (SSSR count). The van der Waals surface area contributed by atoms with Crippen LogP contribution in [-0.4, -0.2) is 41.5 Å². The summed E-state index contributed by atoms with van der Waals surface area (Å²) in [4.78, 5) is 12.6. The lowest BCUT2D eigenvalue weighted by atomic mass is 9.93. The van der Waals surface area contributed by atoms with Gasteiger partial charge in [0.2, 0.25) is 5.82 Å². The van der Waals surface area contributed by atoms with E-state index < -0.39 is 5.97 Å². The van der Waals surface area contributed by atoms with Crippen LogP contribution >= 0.6 is 23.2 Å². The molecule has 0 unspecified atom stereocenters. The zero-order valence-corrected chi connectivity index (χ0v) is 22.0. The number of H-pyrrole nitrogens is 1. The third kappa shape index (κ3) is 5.18. The van der Waals surface area contributed by atoms with Crippen molar-refractivity contribution in [2.45, 2.75) is 32.6 Å². The van der Waals surface area contributed by atoms with Gasteiger partial charge in [-0.2, -0.15) is 10.3 Å². The Bertz CT molecular complexity index is 1580. The van der Waals surface area contributed by atoms with Gasteiger partial charge in [0.25, 0.3) is 0 Å². The molecule has 0 aliphatic rings. The largest absolute Gasteiger partial charge is 0.476 e. The number of rotatable bonds is 9. The molecule has 0 saturated carbocycles. The summed E-state index contributed by atoms with van der Waals surface area (Å²) < 4.78 is 1.42. The molecule has 0 amide bonds. The van der Waals surface area contributed by atoms with Crippen molar-refractivity contribution >= 4 is 29.2 Å². The number of aromatic carboxylic acids is 1. The molecule has 0 spiro atoms. The van der Waals surface area contributed by atoms with Crippen LogP contribution in [0.2, 0.25) is 10.0 Å². The summed E-state index contributed by atoms with van der Waals surface area (Å²) in [5, 5.41) is 30.5. The summed E-state index contributed by atoms with van der Waals surface area (Å²) in [5.74, 6) is -0.625. The average Bonchev–Trinajstić information content (AvgIpc) is 3.57. The molecular weight excluding hydrogens is 523 g/mol. The number of carbonyl (C=O) groups is 1. The number of hydrogen-bond donors (Lipinski definition) is 2. The smallest absolute Gasteiger partial charge is 0.354 e. The summed E-state index contributed by atoms with van der Waals surface area (Å²) in [5.41, 5.74) is 5.56. The van der Waals surface area contributed by atoms with Gasteiger partial charge in [-0.25, -0.2) is 9.48 Å². The Morgan fingerprint density at radius 3 is 2.53 bits per heavy atom. The summed E-state index contributed by atoms with van der Waals surface area (Å²) in [7, 11) is 0. The van der Waals surface area contributed by atoms with Crippen molar-refractivity contribution in [3.05, 3.63) is 99.3 Å². The predicted octanol–water partition coefficient (Wildman–Crippen LogP) is 6.66. The molecule has 0 aliphatic heterocycles. The molecule has 2 heterocycles. The fraction of sp³-hybridized carbons (Fsp3) is 0.179. The zero-order valence-electron chi connectivity index (χ0n) is 20.5. The first-order valence-corrected chi connectivity index (χ1v) is 12.9. The number of tetrazole rings is 1. The number of hydrogen-bond acceptors (Lipinski definition) is 5. The first kappa shape index (κ1) is 25.6. The lowest BCUT2D eigenvalue weighted by Crippen LogP contribution is -2.11. The number of aryl methyl sites for hydroxylation is 1. The van der Waals surface area contributed by atoms with Gasteiger partial charge < -0.3 is 5.11 Å². The number of carboxylic acids is 1. The molecule has 8 nitrogen and oxygen atoms in total. The van der Waals surface area contributed by atoms with E-state index in [4.69, 9.17) is 28.3 Å². The summed E-state index contributed by atoms with van der Waals surface area (Å²) >= 11 is 12.5. The first-order chi connectivity index (χ1) is 18.5. The molecule has 0 radical (unpaired) electrons. The predicted molar refractivity (Wildman–Crippen MR) is 147 cm³/mol. The van der Waals surface area contributed by atoms with E-state index in [-0.39, 0.29) is 5.69 Å². The highest BCUT2D eigenvalue weighted by atomic mass is 35.5. The van der Waals surface area contributed by atoms with Crippen molar-refractivity contribution in [2.75, 3.05) is 0 Å². The lowest BCUT2D eigenvalue weighted by Gasteiger charge is -2.11. The van der Waals surface area contributed by atoms with Crippen LogP contribution in [-0.2, 0) is 12.8 Å². The van der Waals surface area contributed by atoms with E-state index in [2.05, 4.69) is 27.5 Å². The van der Waals surface area contributed by atoms with Crippen LogP contribution in [0, 0.1) is 0 Å². The zero-order chi connectivity index (χ0) is 26.6. The number of nitrogens with one attached hydrogen (secondary N) is 1. The third-order valence-corrected chi connectivity index (χ3v) is 6.85. The van der Waals surface area contributed by atoms with Crippen LogP contribution in [0.4, 0.5) is 0 Å². The minimum Gasteiger partial charge on any atom is -0.476 e. The van der Waals surface area contributed by atoms with Crippen LogP contribution in [0.5, 0.6) is 0 Å². The number of aromatic amines is 1. The normalized spacial score (nSPS) is 11.1. The van der Waals surface area contributed by atoms with Crippen LogP contribution in [0.1, 0.15) is 47.1 Å². The molecule has 0 fully saturated rings. The van der Waals surface area contributed by atoms with Crippen LogP contribution in [0.25, 0.3) is 28.2 Å². The van der Waals surface area contributed by atoms with Gasteiger partial charge >= 0.3 is 5.97 Å². The quantitative estimate of drug-likeness (QED) is 0.214. The highest BCUT2D eigenvalue weighted by Crippen LogP contribution is 2.33. The van der Waals surface area contributed by atoms with Crippen LogP contribution < -0.4 is 0 Å². The molecule has 0 aliphatic carbocycles. The Morgan fingerprint density at radius 1 is 1.03 bits per heavy atom. The Balaban J connectivity index is 1.64. The van der Waals surface area contributed by atoms with Crippen molar-refractivity contribution in [1.82, 2.24) is 30.4 Å². The molecule has 0 atom stereocenters. The average molecular weight is 547 g/mol. The minimum atomic E-state index is -1.08. The Hall–Kier alpha value is -4.01. The van der Waals surface area contributed by atoms with Gasteiger partial charge in [-0.1, -0.05) is 79.0 Å². The summed E-state index contributed by atoms with van der Waals surface area (Å²) in [6.45, 7) is 2.09. The standard InChI is InChI=1S/C28H24Cl2N6O2/c1-2-3-9-24-22(26(28(37)38)36(33-24)25-13-11-19(29)16-23(25)30)15-17-10-12-20(18-7-5-4-6-8-18)21(14-17)27-31-34-35-32-27/h4-8,10-14,16H,2-3,9,15H2,1H3,(H,37,38)(H,31,32,34,35). The Labute approximate surface area is 229 Å². The van der Waals surface area contributed by atoms with E-state index in [1.165, 1.54) is 4.68 Å². The highest BCUT2D eigenvalue weighted by Gasteiger charge is 2.25. The van der Waals surface area contributed by atoms with Gasteiger partial charge in [-0.15, -0.1) is 10.2 Å². The second-order valence-electron chi connectivity index (χ2n) is 8.85. The van der Waals surface area contributed by atoms with E-state index in [9.17, 15) is 9.90 Å². The van der Waals surface area contributed by atoms with E-state index >= 15 is 0 Å². The SMILES string of the molecule is CCCCc1nn(-c2ccc(Cl)cc2Cl)c(C(=O)O)c1Cc1ccc(-c2ccccc2)c(-c2nn[nH]n2)c1. The van der Waals surface area contributed by atoms with Gasteiger partial charge in [0.15, 0.2) is 5.69 Å². The van der Waals surface area contributed by atoms with Crippen LogP contribution in [0.15, 0.2) is 66.7 Å². The molecule has 5 aromatic rings. The lowest BCUT2D eigenvalue weighted by molar-refractivity contribution is 0.0686. The summed E-state index contributed by atoms with van der Waals surface area (Å²) in [6.07, 6.45) is 2.82. The van der Waals surface area contributed by atoms with Gasteiger partial charge in [-0.05, 0) is 59.0 Å². The van der Waals surface area contributed by atoms with Crippen molar-refractivity contribution in [3.8, 4) is 28.2 Å². The number of nitrogens with zero attached hydrogens (tertiary/aromatic N) is 5. The molecule has 3 aromatic carbocycles. The molecule has 38 heavy (non-hydrogen) atoms. The van der Waals surface area contributed by atoms with E-state index in [0.717, 1.165) is 40.8 Å². The topological polar surface area (TPSA) is 110 Å². The molecule has 2 N–H and O–H groups in total. The van der Waals surface area contributed by atoms with Gasteiger partial charge in [-0.3, -0.25) is 0 Å². The molecule has 0 bridgehead atoms. The van der Waals surface area contributed by atoms with Crippen molar-refractivity contribution in [3.63, 3.8) is 0 Å².